The number of nitrogens with one attached hydrogen (secondary N) is 1. The van der Waals surface area contributed by atoms with Crippen molar-refractivity contribution in [2.45, 2.75) is 6.54 Å². The number of hydrogen-bond acceptors (Lipinski definition) is 4. The first kappa shape index (κ1) is 12.9. The number of nitro groups is 1. The predicted molar refractivity (Wildman–Crippen MR) is 61.6 cm³/mol. The van der Waals surface area contributed by atoms with Crippen LogP contribution in [0.5, 0.6) is 0 Å². The van der Waals surface area contributed by atoms with Crippen LogP contribution >= 0.6 is 0 Å². The summed E-state index contributed by atoms with van der Waals surface area (Å²) in [5, 5.41) is 21.7. The lowest BCUT2D eigenvalue weighted by Gasteiger charge is -2.01. The zero-order chi connectivity index (χ0) is 12.7. The fourth-order valence-electron chi connectivity index (χ4n) is 1.20. The molecule has 0 aromatic heterocycles. The van der Waals surface area contributed by atoms with E-state index in [1.165, 1.54) is 18.2 Å². The van der Waals surface area contributed by atoms with Gasteiger partial charge in [-0.05, 0) is 5.56 Å². The zero-order valence-electron chi connectivity index (χ0n) is 9.00. The Hall–Kier alpha value is -2.21. The third-order valence-electron chi connectivity index (χ3n) is 2.00. The van der Waals surface area contributed by atoms with Crippen LogP contribution in [0.1, 0.15) is 5.56 Å². The van der Waals surface area contributed by atoms with E-state index >= 15 is 0 Å². The number of nitrogens with zero attached hydrogens (tertiary/aromatic N) is 1. The third kappa shape index (κ3) is 4.89. The van der Waals surface area contributed by atoms with Crippen molar-refractivity contribution in [2.24, 2.45) is 0 Å². The van der Waals surface area contributed by atoms with Gasteiger partial charge in [0.1, 0.15) is 0 Å². The Balaban J connectivity index is 2.37. The van der Waals surface area contributed by atoms with Crippen molar-refractivity contribution in [1.82, 2.24) is 5.32 Å². The first-order valence-corrected chi connectivity index (χ1v) is 4.93. The van der Waals surface area contributed by atoms with Gasteiger partial charge in [-0.1, -0.05) is 18.2 Å². The molecule has 0 atom stereocenters. The summed E-state index contributed by atoms with van der Waals surface area (Å²) >= 11 is 0. The van der Waals surface area contributed by atoms with E-state index in [0.29, 0.717) is 13.1 Å². The second-order valence-corrected chi connectivity index (χ2v) is 3.30. The van der Waals surface area contributed by atoms with Crippen LogP contribution < -0.4 is 5.32 Å². The molecule has 17 heavy (non-hydrogen) atoms. The van der Waals surface area contributed by atoms with Crippen molar-refractivity contribution >= 4 is 11.7 Å². The van der Waals surface area contributed by atoms with Gasteiger partial charge in [0, 0.05) is 31.3 Å². The number of hydrogen-bond donors (Lipinski definition) is 2. The maximum Gasteiger partial charge on any atom is 0.328 e. The van der Waals surface area contributed by atoms with E-state index in [4.69, 9.17) is 5.11 Å². The fourth-order valence-corrected chi connectivity index (χ4v) is 1.20. The van der Waals surface area contributed by atoms with E-state index in [9.17, 15) is 14.9 Å². The summed E-state index contributed by atoms with van der Waals surface area (Å²) in [4.78, 5) is 20.1. The van der Waals surface area contributed by atoms with Crippen molar-refractivity contribution in [1.29, 1.82) is 0 Å². The first-order chi connectivity index (χ1) is 8.09. The van der Waals surface area contributed by atoms with Gasteiger partial charge < -0.3 is 10.4 Å². The number of aliphatic carboxylic acids is 1. The Bertz CT molecular complexity index is 426. The highest BCUT2D eigenvalue weighted by Crippen LogP contribution is 2.11. The van der Waals surface area contributed by atoms with Gasteiger partial charge in [0.05, 0.1) is 4.92 Å². The molecule has 0 fully saturated rings. The molecule has 0 saturated carbocycles. The third-order valence-corrected chi connectivity index (χ3v) is 2.00. The number of benzene rings is 1. The van der Waals surface area contributed by atoms with Crippen molar-refractivity contribution < 1.29 is 14.8 Å². The van der Waals surface area contributed by atoms with E-state index in [0.717, 1.165) is 11.6 Å². The molecule has 2 N–H and O–H groups in total. The van der Waals surface area contributed by atoms with Crippen LogP contribution in [0.3, 0.4) is 0 Å². The summed E-state index contributed by atoms with van der Waals surface area (Å²) in [6.07, 6.45) is 2.55. The van der Waals surface area contributed by atoms with E-state index in [1.807, 2.05) is 0 Å². The molecule has 0 radical (unpaired) electrons. The van der Waals surface area contributed by atoms with Gasteiger partial charge in [-0.2, -0.15) is 0 Å². The summed E-state index contributed by atoms with van der Waals surface area (Å²) in [6.45, 7) is 0.964. The molecule has 1 aromatic rings. The Morgan fingerprint density at radius 2 is 2.06 bits per heavy atom. The van der Waals surface area contributed by atoms with Crippen LogP contribution in [-0.4, -0.2) is 22.5 Å². The summed E-state index contributed by atoms with van der Waals surface area (Å²) in [5.41, 5.74) is 0.957. The summed E-state index contributed by atoms with van der Waals surface area (Å²) in [6, 6.07) is 6.19. The Morgan fingerprint density at radius 3 is 2.59 bits per heavy atom. The molecule has 0 spiro atoms. The minimum atomic E-state index is -0.984. The molecule has 0 aliphatic heterocycles. The average molecular weight is 236 g/mol. The van der Waals surface area contributed by atoms with Crippen molar-refractivity contribution in [2.75, 3.05) is 6.54 Å². The van der Waals surface area contributed by atoms with Gasteiger partial charge in [0.25, 0.3) is 5.69 Å². The first-order valence-electron chi connectivity index (χ1n) is 4.93. The molecule has 1 aromatic carbocycles. The standard InChI is InChI=1S/C11H12N2O4/c14-11(15)2-1-7-12-8-9-3-5-10(6-4-9)13(16)17/h1-6,12H,7-8H2,(H,14,15)/b2-1+. The molecular weight excluding hydrogens is 224 g/mol. The van der Waals surface area contributed by atoms with Crippen LogP contribution in [0, 0.1) is 10.1 Å². The van der Waals surface area contributed by atoms with E-state index in [2.05, 4.69) is 5.32 Å². The predicted octanol–water partition coefficient (Wildman–Crippen LogP) is 1.33. The molecular formula is C11H12N2O4. The minimum Gasteiger partial charge on any atom is -0.478 e. The monoisotopic (exact) mass is 236 g/mol. The van der Waals surface area contributed by atoms with Gasteiger partial charge >= 0.3 is 5.97 Å². The number of carboxylic acids is 1. The second kappa shape index (κ2) is 6.39. The summed E-state index contributed by atoms with van der Waals surface area (Å²) in [7, 11) is 0. The highest BCUT2D eigenvalue weighted by molar-refractivity contribution is 5.79. The Kier molecular flexibility index (Phi) is 4.83. The normalized spacial score (nSPS) is 10.6. The van der Waals surface area contributed by atoms with Gasteiger partial charge in [-0.3, -0.25) is 10.1 Å². The molecule has 1 rings (SSSR count). The smallest absolute Gasteiger partial charge is 0.328 e. The largest absolute Gasteiger partial charge is 0.478 e. The SMILES string of the molecule is O=C(O)/C=C/CNCc1ccc([N+](=O)[O-])cc1. The van der Waals surface area contributed by atoms with Crippen LogP contribution in [0.4, 0.5) is 5.69 Å². The highest BCUT2D eigenvalue weighted by atomic mass is 16.6. The molecule has 6 heteroatoms. The number of rotatable bonds is 6. The lowest BCUT2D eigenvalue weighted by atomic mass is 10.2. The highest BCUT2D eigenvalue weighted by Gasteiger charge is 2.02. The minimum absolute atomic E-state index is 0.0551. The van der Waals surface area contributed by atoms with Crippen molar-refractivity contribution in [3.8, 4) is 0 Å². The number of non-ortho nitro benzene ring substituents is 1. The van der Waals surface area contributed by atoms with Crippen LogP contribution in [0.25, 0.3) is 0 Å². The second-order valence-electron chi connectivity index (χ2n) is 3.30. The molecule has 0 amide bonds. The molecule has 0 aliphatic carbocycles. The molecule has 0 bridgehead atoms. The lowest BCUT2D eigenvalue weighted by molar-refractivity contribution is -0.384. The van der Waals surface area contributed by atoms with Gasteiger partial charge in [0.2, 0.25) is 0 Å². The molecule has 0 saturated heterocycles. The topological polar surface area (TPSA) is 92.5 Å². The molecule has 0 heterocycles. The van der Waals surface area contributed by atoms with Gasteiger partial charge in [0.15, 0.2) is 0 Å². The molecule has 90 valence electrons. The summed E-state index contributed by atoms with van der Waals surface area (Å²) in [5.74, 6) is -0.984. The Labute approximate surface area is 97.7 Å². The lowest BCUT2D eigenvalue weighted by Crippen LogP contribution is -2.13. The van der Waals surface area contributed by atoms with E-state index < -0.39 is 10.9 Å². The fraction of sp³-hybridized carbons (Fsp3) is 0.182. The van der Waals surface area contributed by atoms with Crippen LogP contribution in [0.2, 0.25) is 0 Å². The molecule has 6 nitrogen and oxygen atoms in total. The quantitative estimate of drug-likeness (QED) is 0.336. The number of nitro benzene ring substituents is 1. The van der Waals surface area contributed by atoms with Gasteiger partial charge in [-0.25, -0.2) is 4.79 Å². The van der Waals surface area contributed by atoms with Crippen molar-refractivity contribution in [3.05, 3.63) is 52.1 Å². The zero-order valence-corrected chi connectivity index (χ0v) is 9.00. The maximum absolute atomic E-state index is 10.4. The average Bonchev–Trinajstić information content (AvgIpc) is 2.29. The Morgan fingerprint density at radius 1 is 1.41 bits per heavy atom. The molecule has 0 unspecified atom stereocenters. The maximum atomic E-state index is 10.4. The van der Waals surface area contributed by atoms with Crippen molar-refractivity contribution in [3.63, 3.8) is 0 Å². The van der Waals surface area contributed by atoms with E-state index in [1.54, 1.807) is 12.1 Å². The number of carbonyl (C=O) groups is 1. The van der Waals surface area contributed by atoms with Crippen LogP contribution in [0.15, 0.2) is 36.4 Å². The molecule has 0 aliphatic rings. The number of carboxylic acid groups (broad SMARTS) is 1. The van der Waals surface area contributed by atoms with Crippen LogP contribution in [-0.2, 0) is 11.3 Å². The van der Waals surface area contributed by atoms with E-state index in [-0.39, 0.29) is 5.69 Å². The summed E-state index contributed by atoms with van der Waals surface area (Å²) < 4.78 is 0. The van der Waals surface area contributed by atoms with Gasteiger partial charge in [-0.15, -0.1) is 0 Å².